The quantitative estimate of drug-likeness (QED) is 0.0974. The summed E-state index contributed by atoms with van der Waals surface area (Å²) < 4.78 is 99.7. The highest BCUT2D eigenvalue weighted by Crippen LogP contribution is 2.43. The predicted molar refractivity (Wildman–Crippen MR) is 200 cm³/mol. The summed E-state index contributed by atoms with van der Waals surface area (Å²) in [6.45, 7) is 4.57. The van der Waals surface area contributed by atoms with Crippen molar-refractivity contribution in [2.24, 2.45) is 0 Å². The van der Waals surface area contributed by atoms with E-state index in [1.54, 1.807) is 18.2 Å². The molecular weight excluding hydrogens is 752 g/mol. The van der Waals surface area contributed by atoms with Gasteiger partial charge in [-0.25, -0.2) is 9.78 Å². The minimum Gasteiger partial charge on any atom is -0.496 e. The van der Waals surface area contributed by atoms with Crippen molar-refractivity contribution in [1.82, 2.24) is 9.88 Å². The van der Waals surface area contributed by atoms with Crippen LogP contribution in [0.3, 0.4) is 0 Å². The number of carbonyl (C=O) groups is 2. The molecule has 2 aliphatic rings. The normalized spacial score (nSPS) is 17.0. The molecular formula is C43H37F6N3O5. The molecule has 0 saturated carbocycles. The summed E-state index contributed by atoms with van der Waals surface area (Å²) in [5.41, 5.74) is 0.878. The molecule has 296 valence electrons. The number of anilines is 1. The van der Waals surface area contributed by atoms with Gasteiger partial charge in [0, 0.05) is 24.2 Å². The van der Waals surface area contributed by atoms with Gasteiger partial charge in [-0.15, -0.1) is 0 Å². The van der Waals surface area contributed by atoms with Crippen molar-refractivity contribution in [3.8, 4) is 33.8 Å². The van der Waals surface area contributed by atoms with Crippen LogP contribution in [0.25, 0.3) is 22.3 Å². The highest BCUT2D eigenvalue weighted by Gasteiger charge is 2.43. The molecule has 0 radical (unpaired) electrons. The molecule has 2 saturated heterocycles. The third kappa shape index (κ3) is 8.25. The molecule has 7 rings (SSSR count). The number of alkyl halides is 6. The van der Waals surface area contributed by atoms with Crippen molar-refractivity contribution in [2.45, 2.75) is 57.9 Å². The van der Waals surface area contributed by atoms with Crippen LogP contribution in [0, 0.1) is 0 Å². The zero-order valence-electron chi connectivity index (χ0n) is 31.1. The lowest BCUT2D eigenvalue weighted by molar-refractivity contribution is -0.143. The summed E-state index contributed by atoms with van der Waals surface area (Å²) in [5, 5.41) is 0. The number of aromatic nitrogens is 1. The number of rotatable bonds is 11. The van der Waals surface area contributed by atoms with Gasteiger partial charge >= 0.3 is 18.4 Å². The van der Waals surface area contributed by atoms with Crippen LogP contribution in [0.1, 0.15) is 64.7 Å². The number of methoxy groups -OCH3 is 1. The van der Waals surface area contributed by atoms with Gasteiger partial charge < -0.3 is 19.1 Å². The van der Waals surface area contributed by atoms with E-state index in [-0.39, 0.29) is 25.0 Å². The lowest BCUT2D eigenvalue weighted by Crippen LogP contribution is -2.38. The van der Waals surface area contributed by atoms with Gasteiger partial charge in [-0.2, -0.15) is 26.3 Å². The Bertz CT molecular complexity index is 2280. The third-order valence-corrected chi connectivity index (χ3v) is 10.2. The highest BCUT2D eigenvalue weighted by molar-refractivity contribution is 5.98. The number of benzene rings is 4. The first-order valence-electron chi connectivity index (χ1n) is 18.1. The largest absolute Gasteiger partial charge is 0.496 e. The Morgan fingerprint density at radius 2 is 1.47 bits per heavy atom. The van der Waals surface area contributed by atoms with Crippen LogP contribution in [-0.4, -0.2) is 48.0 Å². The molecule has 5 aromatic rings. The molecule has 2 aliphatic heterocycles. The van der Waals surface area contributed by atoms with E-state index in [2.05, 4.69) is 0 Å². The van der Waals surface area contributed by atoms with Gasteiger partial charge in [0.15, 0.2) is 5.78 Å². The Labute approximate surface area is 324 Å². The standard InChI is InChI=1S/C43H37F6N3O5/c1-25-40(30-18-31(42(44,45)46)22-32(19-30)43(47,48)49)57-41(54)52(25)23-36-33(12-15-39(50-36)51-16-7-17-51)35-21-29(10-13-37(35)55-3)28-11-14-38(34(20-28)26(2)53)56-24-27-8-5-4-6-9-27/h4-6,8-15,18-22,25,40H,7,16-17,23-24H2,1-3H3/t25-,40-/m0/s1. The Balaban J connectivity index is 1.24. The highest BCUT2D eigenvalue weighted by atomic mass is 19.4. The number of amides is 1. The van der Waals surface area contributed by atoms with Crippen LogP contribution in [0.15, 0.2) is 97.1 Å². The summed E-state index contributed by atoms with van der Waals surface area (Å²) in [5.74, 6) is 1.34. The molecule has 14 heteroatoms. The number of Topliss-reactive ketones (excluding diaryl/α,β-unsaturated/α-hetero) is 1. The van der Waals surface area contributed by atoms with E-state index in [4.69, 9.17) is 19.2 Å². The van der Waals surface area contributed by atoms with Crippen LogP contribution >= 0.6 is 0 Å². The molecule has 4 aromatic carbocycles. The van der Waals surface area contributed by atoms with Crippen LogP contribution in [-0.2, 0) is 30.2 Å². The smallest absolute Gasteiger partial charge is 0.416 e. The number of ether oxygens (including phenoxy) is 3. The second kappa shape index (κ2) is 15.5. The van der Waals surface area contributed by atoms with Gasteiger partial charge in [-0.05, 0) is 97.1 Å². The zero-order chi connectivity index (χ0) is 40.6. The van der Waals surface area contributed by atoms with E-state index in [1.807, 2.05) is 65.6 Å². The molecule has 2 fully saturated rings. The molecule has 0 aliphatic carbocycles. The fourth-order valence-corrected chi connectivity index (χ4v) is 6.99. The number of carbonyl (C=O) groups excluding carboxylic acids is 2. The van der Waals surface area contributed by atoms with E-state index < -0.39 is 47.3 Å². The maximum Gasteiger partial charge on any atom is 0.416 e. The SMILES string of the molecule is COc1ccc(-c2ccc(OCc3ccccc3)c(C(C)=O)c2)cc1-c1ccc(N2CCC2)nc1CN1C(=O)O[C@H](c2cc(C(F)(F)F)cc(C(F)(F)F)c2)[C@@H]1C. The van der Waals surface area contributed by atoms with Crippen molar-refractivity contribution >= 4 is 17.7 Å². The molecule has 0 N–H and O–H groups in total. The fourth-order valence-electron chi connectivity index (χ4n) is 6.99. The molecule has 57 heavy (non-hydrogen) atoms. The molecule has 0 bridgehead atoms. The predicted octanol–water partition coefficient (Wildman–Crippen LogP) is 10.5. The van der Waals surface area contributed by atoms with E-state index >= 15 is 0 Å². The minimum absolute atomic E-state index is 0.0385. The molecule has 3 heterocycles. The average Bonchev–Trinajstić information content (AvgIpc) is 3.44. The number of halogens is 6. The van der Waals surface area contributed by atoms with Crippen molar-refractivity contribution in [3.63, 3.8) is 0 Å². The molecule has 1 aromatic heterocycles. The second-order valence-corrected chi connectivity index (χ2v) is 14.0. The van der Waals surface area contributed by atoms with Crippen LogP contribution in [0.2, 0.25) is 0 Å². The zero-order valence-corrected chi connectivity index (χ0v) is 31.1. The average molecular weight is 790 g/mol. The number of ketones is 1. The van der Waals surface area contributed by atoms with E-state index in [0.717, 1.165) is 30.6 Å². The molecule has 0 unspecified atom stereocenters. The van der Waals surface area contributed by atoms with Crippen molar-refractivity contribution in [2.75, 3.05) is 25.1 Å². The number of nitrogens with zero attached hydrogens (tertiary/aromatic N) is 3. The molecule has 0 spiro atoms. The molecule has 8 nitrogen and oxygen atoms in total. The van der Waals surface area contributed by atoms with E-state index in [9.17, 15) is 35.9 Å². The Hall–Kier alpha value is -6.05. The summed E-state index contributed by atoms with van der Waals surface area (Å²) >= 11 is 0. The van der Waals surface area contributed by atoms with Gasteiger partial charge in [0.2, 0.25) is 0 Å². The summed E-state index contributed by atoms with van der Waals surface area (Å²) in [6.07, 6.45) is -11.5. The van der Waals surface area contributed by atoms with Crippen molar-refractivity contribution < 1.29 is 50.1 Å². The Kier molecular flexibility index (Phi) is 10.6. The van der Waals surface area contributed by atoms with Gasteiger partial charge in [0.1, 0.15) is 30.0 Å². The first-order chi connectivity index (χ1) is 27.1. The van der Waals surface area contributed by atoms with Gasteiger partial charge in [-0.1, -0.05) is 42.5 Å². The number of cyclic esters (lactones) is 1. The first-order valence-corrected chi connectivity index (χ1v) is 18.1. The van der Waals surface area contributed by atoms with Crippen molar-refractivity contribution in [3.05, 3.63) is 131 Å². The van der Waals surface area contributed by atoms with Crippen LogP contribution in [0.5, 0.6) is 11.5 Å². The first kappa shape index (κ1) is 39.2. The number of hydrogen-bond donors (Lipinski definition) is 0. The second-order valence-electron chi connectivity index (χ2n) is 14.0. The van der Waals surface area contributed by atoms with Gasteiger partial charge in [0.25, 0.3) is 0 Å². The number of pyridine rings is 1. The number of hydrogen-bond acceptors (Lipinski definition) is 7. The Morgan fingerprint density at radius 3 is 2.07 bits per heavy atom. The molecule has 1 amide bonds. The Morgan fingerprint density at radius 1 is 0.825 bits per heavy atom. The lowest BCUT2D eigenvalue weighted by atomic mass is 9.95. The van der Waals surface area contributed by atoms with E-state index in [1.165, 1.54) is 25.9 Å². The molecule has 2 atom stereocenters. The van der Waals surface area contributed by atoms with Gasteiger partial charge in [0.05, 0.1) is 42.1 Å². The fraction of sp³-hybridized carbons (Fsp3) is 0.279. The van der Waals surface area contributed by atoms with Crippen LogP contribution in [0.4, 0.5) is 37.0 Å². The monoisotopic (exact) mass is 789 g/mol. The lowest BCUT2D eigenvalue weighted by Gasteiger charge is -2.33. The van der Waals surface area contributed by atoms with Gasteiger partial charge in [-0.3, -0.25) is 9.69 Å². The van der Waals surface area contributed by atoms with Crippen molar-refractivity contribution in [1.29, 1.82) is 0 Å². The van der Waals surface area contributed by atoms with Crippen LogP contribution < -0.4 is 14.4 Å². The van der Waals surface area contributed by atoms with E-state index in [0.29, 0.717) is 57.4 Å². The third-order valence-electron chi connectivity index (χ3n) is 10.2. The maximum atomic E-state index is 13.7. The summed E-state index contributed by atoms with van der Waals surface area (Å²) in [7, 11) is 1.50. The minimum atomic E-state index is -5.07. The maximum absolute atomic E-state index is 13.7. The summed E-state index contributed by atoms with van der Waals surface area (Å²) in [4.78, 5) is 34.5. The summed E-state index contributed by atoms with van der Waals surface area (Å²) in [6, 6.07) is 24.2. The topological polar surface area (TPSA) is 81.2 Å².